The molecule has 3 aliphatic rings. The smallest absolute Gasteiger partial charge is 0.311 e. The number of carboxylic acids is 1. The first-order valence-electron chi connectivity index (χ1n) is 9.36. The van der Waals surface area contributed by atoms with Crippen LogP contribution >= 0.6 is 0 Å². The maximum absolute atomic E-state index is 12.8. The number of amides is 1. The van der Waals surface area contributed by atoms with Crippen molar-refractivity contribution in [3.8, 4) is 0 Å². The second kappa shape index (κ2) is 6.87. The highest BCUT2D eigenvalue weighted by Crippen LogP contribution is 2.44. The third kappa shape index (κ3) is 2.94. The summed E-state index contributed by atoms with van der Waals surface area (Å²) in [6.45, 7) is 3.35. The summed E-state index contributed by atoms with van der Waals surface area (Å²) in [5.74, 6) is 0.0269. The van der Waals surface area contributed by atoms with Crippen molar-refractivity contribution in [2.75, 3.05) is 44.3 Å². The van der Waals surface area contributed by atoms with Crippen molar-refractivity contribution in [2.24, 2.45) is 17.3 Å². The number of hydrogen-bond donors (Lipinski definition) is 1. The highest BCUT2D eigenvalue weighted by Gasteiger charge is 2.54. The third-order valence-corrected chi connectivity index (χ3v) is 6.18. The maximum atomic E-state index is 12.8. The van der Waals surface area contributed by atoms with Gasteiger partial charge >= 0.3 is 5.97 Å². The molecule has 0 saturated carbocycles. The molecule has 3 atom stereocenters. The van der Waals surface area contributed by atoms with Gasteiger partial charge in [-0.15, -0.1) is 0 Å². The van der Waals surface area contributed by atoms with Crippen LogP contribution in [0.15, 0.2) is 24.4 Å². The highest BCUT2D eigenvalue weighted by atomic mass is 16.5. The molecular formula is C19H25N3O4. The number of aliphatic carboxylic acids is 1. The van der Waals surface area contributed by atoms with Gasteiger partial charge in [0.15, 0.2) is 0 Å². The summed E-state index contributed by atoms with van der Waals surface area (Å²) >= 11 is 0. The molecular weight excluding hydrogens is 334 g/mol. The molecule has 140 valence electrons. The Balaban J connectivity index is 1.56. The number of carboxylic acid groups (broad SMARTS) is 1. The molecule has 3 saturated heterocycles. The van der Waals surface area contributed by atoms with E-state index in [9.17, 15) is 14.7 Å². The third-order valence-electron chi connectivity index (χ3n) is 6.18. The number of hydrogen-bond acceptors (Lipinski definition) is 5. The number of carbonyl (C=O) groups excluding carboxylic acids is 1. The fourth-order valence-corrected chi connectivity index (χ4v) is 4.69. The zero-order valence-corrected chi connectivity index (χ0v) is 14.8. The van der Waals surface area contributed by atoms with Gasteiger partial charge in [-0.1, -0.05) is 6.07 Å². The largest absolute Gasteiger partial charge is 0.481 e. The quantitative estimate of drug-likeness (QED) is 0.875. The monoisotopic (exact) mass is 359 g/mol. The number of anilines is 1. The van der Waals surface area contributed by atoms with E-state index in [1.54, 1.807) is 6.20 Å². The Kier molecular flexibility index (Phi) is 4.56. The molecule has 26 heavy (non-hydrogen) atoms. The summed E-state index contributed by atoms with van der Waals surface area (Å²) in [5, 5.41) is 10.1. The number of pyridine rings is 1. The summed E-state index contributed by atoms with van der Waals surface area (Å²) in [6, 6.07) is 5.69. The van der Waals surface area contributed by atoms with Gasteiger partial charge in [-0.3, -0.25) is 9.59 Å². The lowest BCUT2D eigenvalue weighted by Gasteiger charge is -2.30. The first-order valence-corrected chi connectivity index (χ1v) is 9.36. The average molecular weight is 359 g/mol. The number of rotatable bonds is 3. The average Bonchev–Trinajstić information content (AvgIpc) is 3.27. The summed E-state index contributed by atoms with van der Waals surface area (Å²) in [6.07, 6.45) is 3.82. The Morgan fingerprint density at radius 1 is 1.31 bits per heavy atom. The van der Waals surface area contributed by atoms with Crippen LogP contribution in [0.1, 0.15) is 19.3 Å². The van der Waals surface area contributed by atoms with Crippen LogP contribution in [0.25, 0.3) is 0 Å². The second-order valence-electron chi connectivity index (χ2n) is 7.67. The minimum atomic E-state index is -0.807. The highest BCUT2D eigenvalue weighted by molar-refractivity contribution is 5.80. The Bertz CT molecular complexity index is 677. The molecule has 1 N–H and O–H groups in total. The minimum Gasteiger partial charge on any atom is -0.481 e. The Morgan fingerprint density at radius 3 is 2.88 bits per heavy atom. The molecule has 1 aromatic rings. The lowest BCUT2D eigenvalue weighted by molar-refractivity contribution is -0.151. The molecule has 4 rings (SSSR count). The molecule has 0 aromatic carbocycles. The van der Waals surface area contributed by atoms with Crippen molar-refractivity contribution < 1.29 is 19.4 Å². The van der Waals surface area contributed by atoms with Gasteiger partial charge in [0.2, 0.25) is 5.91 Å². The number of nitrogens with zero attached hydrogens (tertiary/aromatic N) is 3. The molecule has 4 heterocycles. The molecule has 3 aliphatic heterocycles. The van der Waals surface area contributed by atoms with Crippen LogP contribution in [0.3, 0.4) is 0 Å². The van der Waals surface area contributed by atoms with Gasteiger partial charge in [-0.2, -0.15) is 0 Å². The minimum absolute atomic E-state index is 0.0689. The Labute approximate surface area is 152 Å². The van der Waals surface area contributed by atoms with E-state index < -0.39 is 11.4 Å². The van der Waals surface area contributed by atoms with Crippen LogP contribution < -0.4 is 4.90 Å². The number of ether oxygens (including phenoxy) is 1. The first kappa shape index (κ1) is 17.3. The molecule has 7 nitrogen and oxygen atoms in total. The van der Waals surface area contributed by atoms with Crippen LogP contribution in [-0.2, 0) is 14.3 Å². The van der Waals surface area contributed by atoms with E-state index in [2.05, 4.69) is 9.88 Å². The number of carbonyl (C=O) groups is 2. The lowest BCUT2D eigenvalue weighted by Crippen LogP contribution is -2.44. The fraction of sp³-hybridized carbons (Fsp3) is 0.632. The molecule has 1 unspecified atom stereocenters. The van der Waals surface area contributed by atoms with Gasteiger partial charge in [-0.25, -0.2) is 4.98 Å². The lowest BCUT2D eigenvalue weighted by atomic mass is 9.75. The van der Waals surface area contributed by atoms with E-state index in [0.29, 0.717) is 45.8 Å². The summed E-state index contributed by atoms with van der Waals surface area (Å²) in [7, 11) is 0. The zero-order chi connectivity index (χ0) is 18.1. The van der Waals surface area contributed by atoms with Crippen molar-refractivity contribution in [2.45, 2.75) is 19.3 Å². The number of aromatic nitrogens is 1. The van der Waals surface area contributed by atoms with Crippen LogP contribution in [-0.4, -0.2) is 66.3 Å². The zero-order valence-electron chi connectivity index (χ0n) is 14.8. The normalized spacial score (nSPS) is 31.5. The van der Waals surface area contributed by atoms with Crippen LogP contribution in [0.5, 0.6) is 0 Å². The number of fused-ring (bicyclic) bond motifs is 1. The Hall–Kier alpha value is -2.15. The van der Waals surface area contributed by atoms with E-state index in [-0.39, 0.29) is 17.7 Å². The summed E-state index contributed by atoms with van der Waals surface area (Å²) in [5.41, 5.74) is -0.807. The summed E-state index contributed by atoms with van der Waals surface area (Å²) < 4.78 is 5.36. The molecule has 0 radical (unpaired) electrons. The van der Waals surface area contributed by atoms with Crippen molar-refractivity contribution in [3.63, 3.8) is 0 Å². The SMILES string of the molecule is O=C(C1CCOC1)N1CCC[C@]2(C(=O)O)CN(c3ccccn3)C[C@@H]2C1. The maximum Gasteiger partial charge on any atom is 0.311 e. The molecule has 0 spiro atoms. The van der Waals surface area contributed by atoms with E-state index >= 15 is 0 Å². The topological polar surface area (TPSA) is 83.0 Å². The number of likely N-dealkylation sites (tertiary alicyclic amines) is 1. The van der Waals surface area contributed by atoms with Gasteiger partial charge in [-0.05, 0) is 31.4 Å². The molecule has 0 aliphatic carbocycles. The molecule has 7 heteroatoms. The van der Waals surface area contributed by atoms with E-state index in [0.717, 1.165) is 18.7 Å². The van der Waals surface area contributed by atoms with Crippen molar-refractivity contribution in [3.05, 3.63) is 24.4 Å². The van der Waals surface area contributed by atoms with Gasteiger partial charge < -0.3 is 19.6 Å². The van der Waals surface area contributed by atoms with E-state index in [1.165, 1.54) is 0 Å². The fourth-order valence-electron chi connectivity index (χ4n) is 4.69. The van der Waals surface area contributed by atoms with Gasteiger partial charge in [0.1, 0.15) is 5.82 Å². The summed E-state index contributed by atoms with van der Waals surface area (Å²) in [4.78, 5) is 33.4. The van der Waals surface area contributed by atoms with Crippen LogP contribution in [0.4, 0.5) is 5.82 Å². The first-order chi connectivity index (χ1) is 12.6. The van der Waals surface area contributed by atoms with Crippen molar-refractivity contribution in [1.29, 1.82) is 0 Å². The Morgan fingerprint density at radius 2 is 2.19 bits per heavy atom. The standard InChI is InChI=1S/C19H25N3O4/c23-17(14-5-9-26-12-14)21-8-3-6-19(18(24)25)13-22(11-15(19)10-21)16-4-1-2-7-20-16/h1-2,4,7,14-15H,3,5-6,8-13H2,(H,24,25)/t14?,15-,19-/m0/s1. The molecule has 3 fully saturated rings. The van der Waals surface area contributed by atoms with Crippen LogP contribution in [0.2, 0.25) is 0 Å². The molecule has 1 amide bonds. The predicted octanol–water partition coefficient (Wildman–Crippen LogP) is 1.25. The second-order valence-corrected chi connectivity index (χ2v) is 7.67. The van der Waals surface area contributed by atoms with E-state index in [1.807, 2.05) is 23.1 Å². The predicted molar refractivity (Wildman–Crippen MR) is 94.7 cm³/mol. The molecule has 0 bridgehead atoms. The van der Waals surface area contributed by atoms with Gasteiger partial charge in [0.05, 0.1) is 17.9 Å². The van der Waals surface area contributed by atoms with Crippen LogP contribution in [0, 0.1) is 17.3 Å². The van der Waals surface area contributed by atoms with Gasteiger partial charge in [0.25, 0.3) is 0 Å². The van der Waals surface area contributed by atoms with Crippen molar-refractivity contribution in [1.82, 2.24) is 9.88 Å². The van der Waals surface area contributed by atoms with E-state index in [4.69, 9.17) is 4.74 Å². The van der Waals surface area contributed by atoms with Crippen molar-refractivity contribution >= 4 is 17.7 Å². The van der Waals surface area contributed by atoms with Gasteiger partial charge in [0, 0.05) is 44.9 Å². The molecule has 1 aromatic heterocycles.